The molecule has 0 bridgehead atoms. The Hall–Kier alpha value is -2.87. The minimum Gasteiger partial charge on any atom is -0.360 e. The maximum absolute atomic E-state index is 8.81. The van der Waals surface area contributed by atoms with Crippen LogP contribution in [0, 0.1) is 11.3 Å². The van der Waals surface area contributed by atoms with Crippen molar-refractivity contribution in [3.63, 3.8) is 0 Å². The Morgan fingerprint density at radius 2 is 2.09 bits per heavy atom. The van der Waals surface area contributed by atoms with E-state index in [4.69, 9.17) is 10.2 Å². The number of benzene rings is 1. The van der Waals surface area contributed by atoms with Gasteiger partial charge in [-0.05, 0) is 38.1 Å². The van der Waals surface area contributed by atoms with Crippen LogP contribution in [-0.2, 0) is 6.54 Å². The molecule has 0 aliphatic carbocycles. The first kappa shape index (κ1) is 14.1. The van der Waals surface area contributed by atoms with Crippen LogP contribution in [0.5, 0.6) is 0 Å². The van der Waals surface area contributed by atoms with Gasteiger partial charge in [0, 0.05) is 12.7 Å². The lowest BCUT2D eigenvalue weighted by atomic mass is 10.2. The number of rotatable bonds is 4. The Labute approximate surface area is 129 Å². The van der Waals surface area contributed by atoms with Gasteiger partial charge in [-0.2, -0.15) is 5.26 Å². The number of aryl methyl sites for hydroxylation is 1. The van der Waals surface area contributed by atoms with Crippen LogP contribution >= 0.6 is 0 Å². The van der Waals surface area contributed by atoms with Crippen molar-refractivity contribution < 1.29 is 0 Å². The molecule has 0 amide bonds. The summed E-state index contributed by atoms with van der Waals surface area (Å²) in [6.45, 7) is 5.04. The van der Waals surface area contributed by atoms with Crippen molar-refractivity contribution in [1.82, 2.24) is 14.5 Å². The maximum atomic E-state index is 8.81. The summed E-state index contributed by atoms with van der Waals surface area (Å²) >= 11 is 0. The molecule has 0 saturated carbocycles. The number of pyridine rings is 1. The van der Waals surface area contributed by atoms with Crippen LogP contribution in [0.1, 0.15) is 31.3 Å². The van der Waals surface area contributed by atoms with Gasteiger partial charge >= 0.3 is 0 Å². The first-order chi connectivity index (χ1) is 10.7. The second kappa shape index (κ2) is 5.86. The summed E-state index contributed by atoms with van der Waals surface area (Å²) in [6.07, 6.45) is 1.57. The van der Waals surface area contributed by atoms with Crippen LogP contribution in [0.3, 0.4) is 0 Å². The molecule has 0 saturated heterocycles. The van der Waals surface area contributed by atoms with Crippen LogP contribution < -0.4 is 5.32 Å². The number of imidazole rings is 1. The van der Waals surface area contributed by atoms with Crippen LogP contribution in [0.4, 0.5) is 5.82 Å². The van der Waals surface area contributed by atoms with Crippen LogP contribution in [0.25, 0.3) is 11.0 Å². The number of nitrogens with one attached hydrogen (secondary N) is 1. The molecule has 110 valence electrons. The lowest BCUT2D eigenvalue weighted by molar-refractivity contribution is 0.672. The summed E-state index contributed by atoms with van der Waals surface area (Å²) in [7, 11) is 0. The molecule has 1 N–H and O–H groups in total. The number of aromatic nitrogens is 3. The second-order valence-electron chi connectivity index (χ2n) is 5.11. The smallest absolute Gasteiger partial charge is 0.132 e. The minimum atomic E-state index is 0.0211. The maximum Gasteiger partial charge on any atom is 0.132 e. The number of nitriles is 1. The lowest BCUT2D eigenvalue weighted by Gasteiger charge is -2.15. The van der Waals surface area contributed by atoms with Gasteiger partial charge in [0.1, 0.15) is 17.7 Å². The van der Waals surface area contributed by atoms with Gasteiger partial charge in [-0.15, -0.1) is 0 Å². The topological polar surface area (TPSA) is 66.5 Å². The van der Waals surface area contributed by atoms with Crippen LogP contribution in [-0.4, -0.2) is 14.5 Å². The molecule has 5 nitrogen and oxygen atoms in total. The molecule has 2 aromatic heterocycles. The molecule has 0 aliphatic rings. The van der Waals surface area contributed by atoms with Gasteiger partial charge < -0.3 is 9.88 Å². The summed E-state index contributed by atoms with van der Waals surface area (Å²) in [4.78, 5) is 8.99. The van der Waals surface area contributed by atoms with E-state index < -0.39 is 0 Å². The van der Waals surface area contributed by atoms with Crippen LogP contribution in [0.2, 0.25) is 0 Å². The SMILES string of the molecule is CCn1c(C(C)Nc2ccc(C#N)cn2)nc2ccccc21. The summed E-state index contributed by atoms with van der Waals surface area (Å²) in [5.74, 6) is 1.72. The summed E-state index contributed by atoms with van der Waals surface area (Å²) in [5, 5.41) is 12.2. The molecule has 2 heterocycles. The van der Waals surface area contributed by atoms with Gasteiger partial charge in [0.2, 0.25) is 0 Å². The molecule has 3 aromatic rings. The Morgan fingerprint density at radius 3 is 2.77 bits per heavy atom. The fraction of sp³-hybridized carbons (Fsp3) is 0.235. The van der Waals surface area contributed by atoms with E-state index in [9.17, 15) is 0 Å². The van der Waals surface area contributed by atoms with E-state index >= 15 is 0 Å². The summed E-state index contributed by atoms with van der Waals surface area (Å²) < 4.78 is 2.21. The van der Waals surface area contributed by atoms with E-state index in [1.54, 1.807) is 12.3 Å². The van der Waals surface area contributed by atoms with Gasteiger partial charge in [-0.25, -0.2) is 9.97 Å². The highest BCUT2D eigenvalue weighted by atomic mass is 15.1. The van der Waals surface area contributed by atoms with Gasteiger partial charge in [0.25, 0.3) is 0 Å². The fourth-order valence-electron chi connectivity index (χ4n) is 2.59. The number of anilines is 1. The third-order valence-corrected chi connectivity index (χ3v) is 3.64. The lowest BCUT2D eigenvalue weighted by Crippen LogP contribution is -2.14. The molecule has 5 heteroatoms. The molecule has 0 radical (unpaired) electrons. The molecule has 22 heavy (non-hydrogen) atoms. The molecular formula is C17H17N5. The summed E-state index contributed by atoms with van der Waals surface area (Å²) in [5.41, 5.74) is 2.70. The zero-order chi connectivity index (χ0) is 15.5. The Bertz CT molecular complexity index is 826. The van der Waals surface area contributed by atoms with Gasteiger partial charge in [-0.3, -0.25) is 0 Å². The van der Waals surface area contributed by atoms with Crippen molar-refractivity contribution in [2.24, 2.45) is 0 Å². The average molecular weight is 291 g/mol. The molecule has 1 atom stereocenters. The average Bonchev–Trinajstić information content (AvgIpc) is 2.94. The predicted molar refractivity (Wildman–Crippen MR) is 86.4 cm³/mol. The van der Waals surface area contributed by atoms with Crippen molar-refractivity contribution in [3.8, 4) is 6.07 Å². The zero-order valence-electron chi connectivity index (χ0n) is 12.6. The quantitative estimate of drug-likeness (QED) is 0.799. The van der Waals surface area contributed by atoms with E-state index in [-0.39, 0.29) is 6.04 Å². The monoisotopic (exact) mass is 291 g/mol. The third kappa shape index (κ3) is 2.51. The number of nitrogens with zero attached hydrogens (tertiary/aromatic N) is 4. The van der Waals surface area contributed by atoms with Crippen molar-refractivity contribution in [1.29, 1.82) is 5.26 Å². The first-order valence-corrected chi connectivity index (χ1v) is 7.30. The van der Waals surface area contributed by atoms with Gasteiger partial charge in [0.15, 0.2) is 0 Å². The van der Waals surface area contributed by atoms with E-state index in [2.05, 4.69) is 40.9 Å². The Morgan fingerprint density at radius 1 is 1.27 bits per heavy atom. The molecule has 0 aliphatic heterocycles. The van der Waals surface area contributed by atoms with Crippen molar-refractivity contribution in [2.75, 3.05) is 5.32 Å². The first-order valence-electron chi connectivity index (χ1n) is 7.30. The van der Waals surface area contributed by atoms with Gasteiger partial charge in [-0.1, -0.05) is 12.1 Å². The number of fused-ring (bicyclic) bond motifs is 1. The second-order valence-corrected chi connectivity index (χ2v) is 5.11. The van der Waals surface area contributed by atoms with E-state index in [0.717, 1.165) is 29.2 Å². The molecular weight excluding hydrogens is 274 g/mol. The number of hydrogen-bond acceptors (Lipinski definition) is 4. The highest BCUT2D eigenvalue weighted by molar-refractivity contribution is 5.76. The van der Waals surface area contributed by atoms with E-state index in [0.29, 0.717) is 5.56 Å². The molecule has 3 rings (SSSR count). The van der Waals surface area contributed by atoms with Crippen molar-refractivity contribution >= 4 is 16.9 Å². The zero-order valence-corrected chi connectivity index (χ0v) is 12.6. The highest BCUT2D eigenvalue weighted by Gasteiger charge is 2.15. The van der Waals surface area contributed by atoms with Crippen LogP contribution in [0.15, 0.2) is 42.6 Å². The Kier molecular flexibility index (Phi) is 3.75. The summed E-state index contributed by atoms with van der Waals surface area (Å²) in [6, 6.07) is 13.8. The Balaban J connectivity index is 1.91. The third-order valence-electron chi connectivity index (χ3n) is 3.64. The molecule has 0 fully saturated rings. The van der Waals surface area contributed by atoms with Crippen molar-refractivity contribution in [2.45, 2.75) is 26.4 Å². The highest BCUT2D eigenvalue weighted by Crippen LogP contribution is 2.23. The fourth-order valence-corrected chi connectivity index (χ4v) is 2.59. The van der Waals surface area contributed by atoms with E-state index in [1.165, 1.54) is 0 Å². The predicted octanol–water partition coefficient (Wildman–Crippen LogP) is 3.50. The standard InChI is InChI=1S/C17H17N5/c1-3-22-15-7-5-4-6-14(15)21-17(22)12(2)20-16-9-8-13(10-18)11-19-16/h4-9,11-12H,3H2,1-2H3,(H,19,20). The molecule has 1 aromatic carbocycles. The molecule has 0 spiro atoms. The minimum absolute atomic E-state index is 0.0211. The number of para-hydroxylation sites is 2. The van der Waals surface area contributed by atoms with Crippen molar-refractivity contribution in [3.05, 3.63) is 54.0 Å². The molecule has 1 unspecified atom stereocenters. The normalized spacial score (nSPS) is 12.0. The van der Waals surface area contributed by atoms with Gasteiger partial charge in [0.05, 0.1) is 22.6 Å². The van der Waals surface area contributed by atoms with E-state index in [1.807, 2.05) is 24.3 Å². The largest absolute Gasteiger partial charge is 0.360 e. The number of hydrogen-bond donors (Lipinski definition) is 1.